The number of ether oxygens (including phenoxy) is 2. The molecule has 1 N–H and O–H groups in total. The fraction of sp³-hybridized carbons (Fsp3) is 0.200. The van der Waals surface area contributed by atoms with Gasteiger partial charge in [0, 0.05) is 16.4 Å². The molecule has 0 radical (unpaired) electrons. The van der Waals surface area contributed by atoms with Crippen molar-refractivity contribution in [2.75, 3.05) is 7.11 Å². The third kappa shape index (κ3) is 2.61. The number of benzene rings is 2. The Morgan fingerprint density at radius 3 is 2.63 bits per heavy atom. The molecule has 1 aromatic heterocycles. The van der Waals surface area contributed by atoms with Crippen molar-refractivity contribution in [1.82, 2.24) is 4.98 Å². The molecule has 0 unspecified atom stereocenters. The van der Waals surface area contributed by atoms with E-state index in [0.717, 1.165) is 26.8 Å². The smallest absolute Gasteiger partial charge is 0.316 e. The predicted molar refractivity (Wildman–Crippen MR) is 104 cm³/mol. The van der Waals surface area contributed by atoms with Crippen LogP contribution in [0.15, 0.2) is 58.4 Å². The molecule has 136 valence electrons. The number of H-pyrrole nitrogens is 1. The zero-order chi connectivity index (χ0) is 18.5. The standard InChI is InChI=1S/C20H15NO4S2/c1-24-11-8-6-10(7-9-11)16-15-14(17-18(26-16)21-20(23)27-17)12-4-2-3-5-13(12)25-19(15)22/h2-9,14-16H,1H3,(H,21,23)/t14-,15-,16+/m1/s1. The summed E-state index contributed by atoms with van der Waals surface area (Å²) in [4.78, 5) is 28.8. The van der Waals surface area contributed by atoms with Crippen LogP contribution in [-0.4, -0.2) is 18.1 Å². The van der Waals surface area contributed by atoms with Gasteiger partial charge in [0.15, 0.2) is 0 Å². The Bertz CT molecular complexity index is 1090. The third-order valence-electron chi connectivity index (χ3n) is 5.04. The zero-order valence-electron chi connectivity index (χ0n) is 14.3. The van der Waals surface area contributed by atoms with Gasteiger partial charge in [-0.1, -0.05) is 53.4 Å². The first-order valence-electron chi connectivity index (χ1n) is 8.50. The number of aromatic nitrogens is 1. The van der Waals surface area contributed by atoms with Gasteiger partial charge >= 0.3 is 10.8 Å². The van der Waals surface area contributed by atoms with Crippen molar-refractivity contribution in [2.45, 2.75) is 16.2 Å². The molecule has 0 saturated carbocycles. The van der Waals surface area contributed by atoms with E-state index in [2.05, 4.69) is 4.98 Å². The topological polar surface area (TPSA) is 68.4 Å². The molecule has 0 aliphatic carbocycles. The highest BCUT2D eigenvalue weighted by molar-refractivity contribution is 7.99. The zero-order valence-corrected chi connectivity index (χ0v) is 15.9. The Balaban J connectivity index is 1.69. The third-order valence-corrected chi connectivity index (χ3v) is 7.51. The normalized spacial score (nSPS) is 23.0. The Kier molecular flexibility index (Phi) is 3.87. The van der Waals surface area contributed by atoms with Gasteiger partial charge in [-0.15, -0.1) is 0 Å². The summed E-state index contributed by atoms with van der Waals surface area (Å²) in [6.07, 6.45) is 0. The maximum Gasteiger partial charge on any atom is 0.316 e. The van der Waals surface area contributed by atoms with Gasteiger partial charge in [0.2, 0.25) is 0 Å². The van der Waals surface area contributed by atoms with Crippen LogP contribution in [0.4, 0.5) is 0 Å². The molecule has 7 heteroatoms. The van der Waals surface area contributed by atoms with Crippen molar-refractivity contribution in [3.63, 3.8) is 0 Å². The van der Waals surface area contributed by atoms with Gasteiger partial charge in [-0.25, -0.2) is 0 Å². The van der Waals surface area contributed by atoms with Crippen LogP contribution in [0, 0.1) is 5.92 Å². The highest BCUT2D eigenvalue weighted by atomic mass is 32.2. The van der Waals surface area contributed by atoms with E-state index >= 15 is 0 Å². The average molecular weight is 397 g/mol. The van der Waals surface area contributed by atoms with Gasteiger partial charge in [0.1, 0.15) is 11.5 Å². The Hall–Kier alpha value is -2.51. The molecule has 27 heavy (non-hydrogen) atoms. The lowest BCUT2D eigenvalue weighted by molar-refractivity contribution is -0.140. The van der Waals surface area contributed by atoms with Crippen LogP contribution in [0.1, 0.15) is 27.2 Å². The first-order chi connectivity index (χ1) is 13.2. The summed E-state index contributed by atoms with van der Waals surface area (Å²) in [6.45, 7) is 0. The molecular weight excluding hydrogens is 382 g/mol. The first-order valence-corrected chi connectivity index (χ1v) is 10.2. The van der Waals surface area contributed by atoms with Crippen molar-refractivity contribution < 1.29 is 14.3 Å². The summed E-state index contributed by atoms with van der Waals surface area (Å²) in [5, 5.41) is 0.691. The van der Waals surface area contributed by atoms with E-state index < -0.39 is 5.92 Å². The predicted octanol–water partition coefficient (Wildman–Crippen LogP) is 3.96. The Morgan fingerprint density at radius 1 is 1.07 bits per heavy atom. The lowest BCUT2D eigenvalue weighted by atomic mass is 9.78. The molecule has 3 aromatic rings. The molecule has 2 aliphatic heterocycles. The van der Waals surface area contributed by atoms with Crippen LogP contribution in [0.3, 0.4) is 0 Å². The van der Waals surface area contributed by atoms with Gasteiger partial charge in [-0.2, -0.15) is 0 Å². The number of hydrogen-bond acceptors (Lipinski definition) is 6. The lowest BCUT2D eigenvalue weighted by Gasteiger charge is -2.39. The van der Waals surface area contributed by atoms with Crippen LogP contribution >= 0.6 is 23.1 Å². The molecule has 0 fully saturated rings. The van der Waals surface area contributed by atoms with E-state index in [0.29, 0.717) is 5.75 Å². The van der Waals surface area contributed by atoms with Crippen molar-refractivity contribution in [1.29, 1.82) is 0 Å². The summed E-state index contributed by atoms with van der Waals surface area (Å²) in [6, 6.07) is 15.3. The number of thioether (sulfide) groups is 1. The van der Waals surface area contributed by atoms with Gasteiger partial charge in [0.25, 0.3) is 0 Å². The molecule has 0 amide bonds. The minimum atomic E-state index is -0.391. The Labute approximate surface area is 163 Å². The maximum absolute atomic E-state index is 13.0. The Morgan fingerprint density at radius 2 is 1.85 bits per heavy atom. The van der Waals surface area contributed by atoms with Gasteiger partial charge < -0.3 is 14.5 Å². The summed E-state index contributed by atoms with van der Waals surface area (Å²) in [7, 11) is 1.62. The van der Waals surface area contributed by atoms with Crippen LogP contribution in [-0.2, 0) is 4.79 Å². The number of hydrogen-bond donors (Lipinski definition) is 1. The minimum Gasteiger partial charge on any atom is -0.497 e. The average Bonchev–Trinajstić information content (AvgIpc) is 3.07. The number of thiazole rings is 1. The molecule has 3 atom stereocenters. The molecule has 3 heterocycles. The van der Waals surface area contributed by atoms with E-state index in [4.69, 9.17) is 9.47 Å². The number of carbonyl (C=O) groups excluding carboxylic acids is 1. The molecular formula is C20H15NO4S2. The number of carbonyl (C=O) groups is 1. The van der Waals surface area contributed by atoms with Gasteiger partial charge in [-0.3, -0.25) is 9.59 Å². The monoisotopic (exact) mass is 397 g/mol. The number of methoxy groups -OCH3 is 1. The van der Waals surface area contributed by atoms with E-state index in [1.54, 1.807) is 7.11 Å². The molecule has 0 bridgehead atoms. The van der Waals surface area contributed by atoms with Crippen LogP contribution in [0.2, 0.25) is 0 Å². The van der Waals surface area contributed by atoms with E-state index in [1.807, 2.05) is 48.5 Å². The summed E-state index contributed by atoms with van der Waals surface area (Å²) < 4.78 is 10.9. The molecule has 5 nitrogen and oxygen atoms in total. The van der Waals surface area contributed by atoms with Crippen molar-refractivity contribution in [3.05, 3.63) is 74.2 Å². The van der Waals surface area contributed by atoms with Crippen molar-refractivity contribution >= 4 is 29.1 Å². The number of fused-ring (bicyclic) bond motifs is 5. The SMILES string of the molecule is COc1ccc([C@@H]2Sc3[nH]c(=O)sc3[C@@H]3c4ccccc4OC(=O)[C@H]32)cc1. The number of aromatic amines is 1. The molecule has 0 spiro atoms. The number of nitrogens with one attached hydrogen (secondary N) is 1. The fourth-order valence-corrected chi connectivity index (χ4v) is 6.41. The van der Waals surface area contributed by atoms with E-state index in [-0.39, 0.29) is 22.0 Å². The quantitative estimate of drug-likeness (QED) is 0.524. The van der Waals surface area contributed by atoms with Crippen LogP contribution < -0.4 is 14.3 Å². The van der Waals surface area contributed by atoms with E-state index in [9.17, 15) is 9.59 Å². The summed E-state index contributed by atoms with van der Waals surface area (Å²) in [5.74, 6) is 0.513. The molecule has 2 aliphatic rings. The molecule has 0 saturated heterocycles. The van der Waals surface area contributed by atoms with Gasteiger partial charge in [0.05, 0.1) is 23.3 Å². The second kappa shape index (κ2) is 6.28. The van der Waals surface area contributed by atoms with E-state index in [1.165, 1.54) is 23.1 Å². The number of esters is 1. The summed E-state index contributed by atoms with van der Waals surface area (Å²) >= 11 is 2.71. The molecule has 2 aromatic carbocycles. The first kappa shape index (κ1) is 16.6. The second-order valence-electron chi connectivity index (χ2n) is 6.48. The number of para-hydroxylation sites is 1. The van der Waals surface area contributed by atoms with Gasteiger partial charge in [-0.05, 0) is 23.8 Å². The largest absolute Gasteiger partial charge is 0.497 e. The summed E-state index contributed by atoms with van der Waals surface area (Å²) in [5.41, 5.74) is 1.96. The lowest BCUT2D eigenvalue weighted by Crippen LogP contribution is -2.37. The van der Waals surface area contributed by atoms with Crippen molar-refractivity contribution in [3.8, 4) is 11.5 Å². The maximum atomic E-state index is 13.0. The van der Waals surface area contributed by atoms with Crippen LogP contribution in [0.5, 0.6) is 11.5 Å². The second-order valence-corrected chi connectivity index (χ2v) is 8.65. The molecule has 5 rings (SSSR count). The highest BCUT2D eigenvalue weighted by Gasteiger charge is 2.49. The van der Waals surface area contributed by atoms with Crippen LogP contribution in [0.25, 0.3) is 0 Å². The van der Waals surface area contributed by atoms with Crippen molar-refractivity contribution in [2.24, 2.45) is 5.92 Å². The minimum absolute atomic E-state index is 0.0990. The highest BCUT2D eigenvalue weighted by Crippen LogP contribution is 2.58. The fourth-order valence-electron chi connectivity index (χ4n) is 3.83. The number of rotatable bonds is 2.